The highest BCUT2D eigenvalue weighted by Gasteiger charge is 2.47. The summed E-state index contributed by atoms with van der Waals surface area (Å²) in [4.78, 5) is 0. The molecule has 55 heavy (non-hydrogen) atoms. The Hall–Kier alpha value is -5.92. The largest absolute Gasteiger partial charge is 0.354 e. The minimum atomic E-state index is -2.32. The molecular weight excluding hydrogens is 707 g/mol. The number of pyridine rings is 2. The van der Waals surface area contributed by atoms with Crippen LogP contribution in [0.3, 0.4) is 0 Å². The van der Waals surface area contributed by atoms with E-state index in [9.17, 15) is 0 Å². The van der Waals surface area contributed by atoms with Gasteiger partial charge in [0.05, 0.1) is 0 Å². The number of aryl methyl sites for hydroxylation is 2. The molecule has 0 aliphatic heterocycles. The van der Waals surface area contributed by atoms with Gasteiger partial charge in [-0.15, -0.1) is 9.53 Å². The van der Waals surface area contributed by atoms with Gasteiger partial charge in [0.1, 0.15) is 42.5 Å². The maximum atomic E-state index is 5.65. The van der Waals surface area contributed by atoms with E-state index >= 15 is 0 Å². The second kappa shape index (κ2) is 17.0. The Labute approximate surface area is 325 Å². The van der Waals surface area contributed by atoms with Crippen molar-refractivity contribution in [3.63, 3.8) is 0 Å². The van der Waals surface area contributed by atoms with Gasteiger partial charge in [-0.05, 0) is 103 Å². The molecule has 2 aromatic heterocycles. The van der Waals surface area contributed by atoms with E-state index in [2.05, 4.69) is 240 Å². The summed E-state index contributed by atoms with van der Waals surface area (Å²) in [6.07, 6.45) is 9.66. The molecule has 0 aliphatic rings. The number of rotatable bonds is 12. The zero-order valence-electron chi connectivity index (χ0n) is 30.7. The maximum absolute atomic E-state index is 5.65. The Balaban J connectivity index is 1.04. The molecule has 0 bridgehead atoms. The van der Waals surface area contributed by atoms with Gasteiger partial charge in [0, 0.05) is 37.9 Å². The van der Waals surface area contributed by atoms with E-state index in [1.165, 1.54) is 31.8 Å². The molecule has 2 heterocycles. The minimum absolute atomic E-state index is 0.903. The molecule has 8 rings (SSSR count). The molecule has 6 heteroatoms. The quantitative estimate of drug-likeness (QED) is 0.114. The van der Waals surface area contributed by atoms with E-state index in [0.29, 0.717) is 0 Å². The Morgan fingerprint density at radius 1 is 0.291 bits per heavy atom. The molecule has 0 aliphatic carbocycles. The second-order valence-electron chi connectivity index (χ2n) is 13.4. The fraction of sp³-hybridized carbons (Fsp3) is 0.0612. The fourth-order valence-corrected chi connectivity index (χ4v) is 14.3. The van der Waals surface area contributed by atoms with E-state index in [1.807, 2.05) is 0 Å². The van der Waals surface area contributed by atoms with Gasteiger partial charge in [-0.25, -0.2) is 0 Å². The summed E-state index contributed by atoms with van der Waals surface area (Å²) in [6, 6.07) is 73.4. The van der Waals surface area contributed by atoms with Crippen LogP contribution < -0.4 is 42.5 Å². The number of benzene rings is 6. The predicted octanol–water partition coefficient (Wildman–Crippen LogP) is 8.00. The van der Waals surface area contributed by atoms with Crippen molar-refractivity contribution >= 4 is 46.7 Å². The standard InChI is InChI=1S/C49H44N4P2/c1-7-20-44(21-8-1)54(45-22-9-2-10-23-45,46-24-11-3-12-25-46)50-42-32-38-52(39-33-42)36-19-37-53-40-34-43(35-41-53)51-55(47-26-13-4-14-27-47,48-28-15-5-16-29-48)49-30-17-6-18-31-49/h1-18,20-35,38-41H,19,36-37H2/q+2. The van der Waals surface area contributed by atoms with E-state index in [4.69, 9.17) is 9.53 Å². The van der Waals surface area contributed by atoms with E-state index in [-0.39, 0.29) is 0 Å². The first-order valence-electron chi connectivity index (χ1n) is 18.8. The lowest BCUT2D eigenvalue weighted by Gasteiger charge is -2.22. The minimum Gasteiger partial charge on any atom is -0.354 e. The summed E-state index contributed by atoms with van der Waals surface area (Å²) in [5.74, 6) is 0. The molecule has 0 radical (unpaired) electrons. The maximum Gasteiger partial charge on any atom is 0.230 e. The van der Waals surface area contributed by atoms with Crippen LogP contribution in [0, 0.1) is 0 Å². The summed E-state index contributed by atoms with van der Waals surface area (Å²) in [7, 11) is -4.63. The van der Waals surface area contributed by atoms with Crippen molar-refractivity contribution in [2.24, 2.45) is 9.53 Å². The summed E-state index contributed by atoms with van der Waals surface area (Å²) in [6.45, 7) is 1.81. The zero-order chi connectivity index (χ0) is 37.2. The van der Waals surface area contributed by atoms with E-state index in [0.717, 1.165) is 30.2 Å². The zero-order valence-corrected chi connectivity index (χ0v) is 32.5. The number of hydrogen-bond acceptors (Lipinski definition) is 2. The molecular formula is C49H44N4P2+2. The van der Waals surface area contributed by atoms with Crippen molar-refractivity contribution in [3.8, 4) is 0 Å². The van der Waals surface area contributed by atoms with Gasteiger partial charge in [0.15, 0.2) is 0 Å². The Morgan fingerprint density at radius 2 is 0.509 bits per heavy atom. The van der Waals surface area contributed by atoms with Gasteiger partial charge in [0.25, 0.3) is 0 Å². The fourth-order valence-electron chi connectivity index (χ4n) is 7.22. The van der Waals surface area contributed by atoms with Crippen LogP contribution in [0.5, 0.6) is 0 Å². The Morgan fingerprint density at radius 3 is 0.727 bits per heavy atom. The van der Waals surface area contributed by atoms with Crippen LogP contribution in [0.25, 0.3) is 0 Å². The SMILES string of the molecule is c1ccc([P+](N=c2ccn(CCCn3ccc(=N[P+](c4ccccc4)(c4ccccc4)c4ccccc4)cc3)cc2)(c2ccccc2)c2ccccc2)cc1. The molecule has 0 fully saturated rings. The van der Waals surface area contributed by atoms with Crippen LogP contribution in [0.4, 0.5) is 0 Å². The number of aromatic nitrogens is 2. The first kappa shape index (κ1) is 36.1. The van der Waals surface area contributed by atoms with Crippen LogP contribution >= 0.6 is 14.8 Å². The first-order valence-corrected chi connectivity index (χ1v) is 22.3. The van der Waals surface area contributed by atoms with Gasteiger partial charge in [0.2, 0.25) is 14.8 Å². The second-order valence-corrected chi connectivity index (χ2v) is 19.5. The molecule has 0 amide bonds. The average molecular weight is 751 g/mol. The van der Waals surface area contributed by atoms with Crippen LogP contribution in [0.2, 0.25) is 0 Å². The lowest BCUT2D eigenvalue weighted by molar-refractivity contribution is 0.559. The summed E-state index contributed by atoms with van der Waals surface area (Å²) >= 11 is 0. The van der Waals surface area contributed by atoms with Crippen molar-refractivity contribution in [3.05, 3.63) is 242 Å². The molecule has 0 N–H and O–H groups in total. The smallest absolute Gasteiger partial charge is 0.230 e. The topological polar surface area (TPSA) is 34.6 Å². The normalized spacial score (nSPS) is 11.5. The molecule has 4 nitrogen and oxygen atoms in total. The van der Waals surface area contributed by atoms with Gasteiger partial charge in [-0.2, -0.15) is 0 Å². The van der Waals surface area contributed by atoms with Crippen LogP contribution in [0.1, 0.15) is 6.42 Å². The highest BCUT2D eigenvalue weighted by molar-refractivity contribution is 7.95. The average Bonchev–Trinajstić information content (AvgIpc) is 3.27. The summed E-state index contributed by atoms with van der Waals surface area (Å²) < 4.78 is 15.8. The highest BCUT2D eigenvalue weighted by atomic mass is 31.2. The van der Waals surface area contributed by atoms with E-state index < -0.39 is 14.8 Å². The molecule has 6 aromatic carbocycles. The van der Waals surface area contributed by atoms with Gasteiger partial charge >= 0.3 is 0 Å². The third-order valence-corrected chi connectivity index (χ3v) is 17.2. The molecule has 0 spiro atoms. The van der Waals surface area contributed by atoms with Crippen molar-refractivity contribution in [2.45, 2.75) is 19.5 Å². The molecule has 0 saturated carbocycles. The van der Waals surface area contributed by atoms with Crippen molar-refractivity contribution in [2.75, 3.05) is 0 Å². The predicted molar refractivity (Wildman–Crippen MR) is 235 cm³/mol. The summed E-state index contributed by atoms with van der Waals surface area (Å²) in [5.41, 5.74) is 0. The molecule has 0 unspecified atom stereocenters. The lowest BCUT2D eigenvalue weighted by Crippen LogP contribution is -2.31. The van der Waals surface area contributed by atoms with Gasteiger partial charge < -0.3 is 9.13 Å². The molecule has 268 valence electrons. The van der Waals surface area contributed by atoms with Crippen molar-refractivity contribution in [1.82, 2.24) is 9.13 Å². The molecule has 8 aromatic rings. The van der Waals surface area contributed by atoms with Crippen LogP contribution in [0.15, 0.2) is 241 Å². The van der Waals surface area contributed by atoms with Gasteiger partial charge in [-0.3, -0.25) is 0 Å². The Kier molecular flexibility index (Phi) is 11.2. The summed E-state index contributed by atoms with van der Waals surface area (Å²) in [5, 5.41) is 9.42. The van der Waals surface area contributed by atoms with Crippen LogP contribution in [-0.4, -0.2) is 9.13 Å². The van der Waals surface area contributed by atoms with Gasteiger partial charge in [-0.1, -0.05) is 109 Å². The number of hydrogen-bond donors (Lipinski definition) is 0. The monoisotopic (exact) mass is 750 g/mol. The number of nitrogens with zero attached hydrogens (tertiary/aromatic N) is 4. The van der Waals surface area contributed by atoms with Crippen LogP contribution in [-0.2, 0) is 13.1 Å². The third kappa shape index (κ3) is 7.84. The van der Waals surface area contributed by atoms with Crippen molar-refractivity contribution in [1.29, 1.82) is 0 Å². The Bertz CT molecular complexity index is 2140. The highest BCUT2D eigenvalue weighted by Crippen LogP contribution is 2.57. The lowest BCUT2D eigenvalue weighted by atomic mass is 10.3. The molecule has 0 atom stereocenters. The third-order valence-electron chi connectivity index (χ3n) is 9.89. The van der Waals surface area contributed by atoms with E-state index in [1.54, 1.807) is 0 Å². The van der Waals surface area contributed by atoms with Crippen molar-refractivity contribution < 1.29 is 0 Å². The molecule has 0 saturated heterocycles. The first-order chi connectivity index (χ1) is 27.2.